The highest BCUT2D eigenvalue weighted by Gasteiger charge is 2.25. The van der Waals surface area contributed by atoms with Gasteiger partial charge in [-0.25, -0.2) is 17.2 Å². The molecule has 146 valence electrons. The lowest BCUT2D eigenvalue weighted by atomic mass is 10.0. The summed E-state index contributed by atoms with van der Waals surface area (Å²) in [7, 11) is -4.03. The van der Waals surface area contributed by atoms with Crippen molar-refractivity contribution in [2.45, 2.75) is 16.7 Å². The van der Waals surface area contributed by atoms with E-state index in [2.05, 4.69) is 4.98 Å². The Balaban J connectivity index is 2.07. The number of rotatable bonds is 3. The smallest absolute Gasteiger partial charge is 0.208 e. The number of nitrogens with zero attached hydrogens (tertiary/aromatic N) is 1. The summed E-state index contributed by atoms with van der Waals surface area (Å²) in [6.45, 7) is 1.77. The number of benzene rings is 3. The second-order valence-corrected chi connectivity index (χ2v) is 8.91. The Morgan fingerprint density at radius 2 is 1.59 bits per heavy atom. The van der Waals surface area contributed by atoms with Crippen molar-refractivity contribution < 1.29 is 17.2 Å². The van der Waals surface area contributed by atoms with Crippen molar-refractivity contribution >= 4 is 32.3 Å². The summed E-state index contributed by atoms with van der Waals surface area (Å²) in [6.07, 6.45) is 1.24. The Bertz CT molecular complexity index is 1350. The minimum absolute atomic E-state index is 0.00554. The predicted octanol–water partition coefficient (Wildman–Crippen LogP) is 5.97. The third-order valence-corrected chi connectivity index (χ3v) is 6.84. The van der Waals surface area contributed by atoms with Gasteiger partial charge in [0.2, 0.25) is 9.84 Å². The second kappa shape index (κ2) is 7.21. The SMILES string of the molecule is Cc1ccc(S(=O)(=O)c2cnc3ccc(F)cc3c2-c2ccc(F)cc2)cc1Cl. The highest BCUT2D eigenvalue weighted by molar-refractivity contribution is 7.91. The van der Waals surface area contributed by atoms with Gasteiger partial charge < -0.3 is 0 Å². The van der Waals surface area contributed by atoms with Gasteiger partial charge in [0.15, 0.2) is 0 Å². The van der Waals surface area contributed by atoms with E-state index in [0.29, 0.717) is 21.5 Å². The maximum absolute atomic E-state index is 14.0. The zero-order chi connectivity index (χ0) is 20.8. The number of pyridine rings is 1. The molecule has 29 heavy (non-hydrogen) atoms. The van der Waals surface area contributed by atoms with Crippen molar-refractivity contribution in [3.05, 3.63) is 89.1 Å². The third-order valence-electron chi connectivity index (χ3n) is 4.67. The van der Waals surface area contributed by atoms with Crippen LogP contribution in [0.3, 0.4) is 0 Å². The minimum atomic E-state index is -4.03. The van der Waals surface area contributed by atoms with E-state index in [0.717, 1.165) is 5.56 Å². The summed E-state index contributed by atoms with van der Waals surface area (Å²) in [5.74, 6) is -0.997. The molecular weight excluding hydrogens is 416 g/mol. The molecule has 1 aromatic heterocycles. The van der Waals surface area contributed by atoms with Crippen LogP contribution in [0.5, 0.6) is 0 Å². The van der Waals surface area contributed by atoms with E-state index < -0.39 is 21.5 Å². The molecule has 0 N–H and O–H groups in total. The van der Waals surface area contributed by atoms with E-state index in [4.69, 9.17) is 11.6 Å². The van der Waals surface area contributed by atoms with Crippen molar-refractivity contribution in [3.8, 4) is 11.1 Å². The lowest BCUT2D eigenvalue weighted by Gasteiger charge is -2.14. The van der Waals surface area contributed by atoms with Crippen LogP contribution in [0.1, 0.15) is 5.56 Å². The van der Waals surface area contributed by atoms with Gasteiger partial charge in [-0.05, 0) is 60.5 Å². The van der Waals surface area contributed by atoms with Crippen molar-refractivity contribution in [2.24, 2.45) is 0 Å². The average molecular weight is 430 g/mol. The first-order valence-corrected chi connectivity index (χ1v) is 10.5. The standard InChI is InChI=1S/C22H14ClF2NO2S/c1-13-2-8-17(11-19(13)23)29(27,28)21-12-26-20-9-7-16(25)10-18(20)22(21)14-3-5-15(24)6-4-14/h2-12H,1H3. The lowest BCUT2D eigenvalue weighted by molar-refractivity contribution is 0.596. The fourth-order valence-corrected chi connectivity index (χ4v) is 4.84. The molecule has 0 fully saturated rings. The van der Waals surface area contributed by atoms with Crippen LogP contribution in [0.15, 0.2) is 76.7 Å². The van der Waals surface area contributed by atoms with Crippen LogP contribution in [-0.2, 0) is 9.84 Å². The maximum atomic E-state index is 14.0. The molecule has 0 aliphatic carbocycles. The minimum Gasteiger partial charge on any atom is -0.255 e. The number of hydrogen-bond acceptors (Lipinski definition) is 3. The first kappa shape index (κ1) is 19.5. The summed E-state index contributed by atoms with van der Waals surface area (Å²) in [6, 6.07) is 13.7. The molecule has 4 rings (SSSR count). The van der Waals surface area contributed by atoms with Crippen LogP contribution in [0.4, 0.5) is 8.78 Å². The number of aromatic nitrogens is 1. The van der Waals surface area contributed by atoms with Gasteiger partial charge in [0, 0.05) is 22.2 Å². The zero-order valence-corrected chi connectivity index (χ0v) is 16.7. The number of sulfone groups is 1. The molecule has 7 heteroatoms. The highest BCUT2D eigenvalue weighted by atomic mass is 35.5. The summed E-state index contributed by atoms with van der Waals surface area (Å²) in [5, 5.41) is 0.630. The van der Waals surface area contributed by atoms with E-state index in [1.165, 1.54) is 60.8 Å². The Morgan fingerprint density at radius 3 is 2.28 bits per heavy atom. The van der Waals surface area contributed by atoms with Crippen LogP contribution in [0, 0.1) is 18.6 Å². The summed E-state index contributed by atoms with van der Waals surface area (Å²) >= 11 is 6.13. The van der Waals surface area contributed by atoms with Crippen molar-refractivity contribution in [3.63, 3.8) is 0 Å². The van der Waals surface area contributed by atoms with Crippen LogP contribution >= 0.6 is 11.6 Å². The van der Waals surface area contributed by atoms with Gasteiger partial charge in [0.1, 0.15) is 11.6 Å². The lowest BCUT2D eigenvalue weighted by Crippen LogP contribution is -2.06. The summed E-state index contributed by atoms with van der Waals surface area (Å²) in [4.78, 5) is 4.09. The van der Waals surface area contributed by atoms with Gasteiger partial charge in [0.25, 0.3) is 0 Å². The first-order valence-electron chi connectivity index (χ1n) is 8.63. The Kier molecular flexibility index (Phi) is 4.84. The topological polar surface area (TPSA) is 47.0 Å². The molecule has 0 unspecified atom stereocenters. The molecule has 0 saturated carbocycles. The normalized spacial score (nSPS) is 11.7. The first-order chi connectivity index (χ1) is 13.8. The summed E-state index contributed by atoms with van der Waals surface area (Å²) in [5.41, 5.74) is 1.85. The summed E-state index contributed by atoms with van der Waals surface area (Å²) < 4.78 is 54.3. The Hall–Kier alpha value is -2.83. The second-order valence-electron chi connectivity index (χ2n) is 6.58. The molecule has 0 atom stereocenters. The van der Waals surface area contributed by atoms with Crippen molar-refractivity contribution in [1.82, 2.24) is 4.98 Å². The molecule has 0 radical (unpaired) electrons. The van der Waals surface area contributed by atoms with E-state index >= 15 is 0 Å². The van der Waals surface area contributed by atoms with Gasteiger partial charge in [-0.3, -0.25) is 4.98 Å². The highest BCUT2D eigenvalue weighted by Crippen LogP contribution is 2.37. The number of aryl methyl sites for hydroxylation is 1. The monoisotopic (exact) mass is 429 g/mol. The molecule has 4 aromatic rings. The number of hydrogen-bond donors (Lipinski definition) is 0. The zero-order valence-electron chi connectivity index (χ0n) is 15.2. The van der Waals surface area contributed by atoms with Gasteiger partial charge in [-0.15, -0.1) is 0 Å². The van der Waals surface area contributed by atoms with E-state index in [-0.39, 0.29) is 15.4 Å². The van der Waals surface area contributed by atoms with Crippen LogP contribution in [0.25, 0.3) is 22.0 Å². The Labute approximate surface area is 171 Å². The van der Waals surface area contributed by atoms with E-state index in [1.807, 2.05) is 0 Å². The van der Waals surface area contributed by atoms with Gasteiger partial charge in [0.05, 0.1) is 15.3 Å². The van der Waals surface area contributed by atoms with Gasteiger partial charge in [-0.2, -0.15) is 0 Å². The molecule has 1 heterocycles. The molecule has 0 aliphatic heterocycles. The molecule has 0 bridgehead atoms. The average Bonchev–Trinajstić information content (AvgIpc) is 2.69. The molecule has 3 nitrogen and oxygen atoms in total. The van der Waals surface area contributed by atoms with Crippen LogP contribution < -0.4 is 0 Å². The molecule has 0 saturated heterocycles. The fraction of sp³-hybridized carbons (Fsp3) is 0.0455. The largest absolute Gasteiger partial charge is 0.255 e. The number of halogens is 3. The quantitative estimate of drug-likeness (QED) is 0.402. The third kappa shape index (κ3) is 3.50. The van der Waals surface area contributed by atoms with Crippen LogP contribution in [-0.4, -0.2) is 13.4 Å². The Morgan fingerprint density at radius 1 is 0.897 bits per heavy atom. The predicted molar refractivity (Wildman–Crippen MR) is 109 cm³/mol. The van der Waals surface area contributed by atoms with Gasteiger partial charge in [-0.1, -0.05) is 29.8 Å². The molecule has 0 amide bonds. The maximum Gasteiger partial charge on any atom is 0.208 e. The molecule has 0 aliphatic rings. The molecular formula is C22H14ClF2NO2S. The van der Waals surface area contributed by atoms with Crippen molar-refractivity contribution in [2.75, 3.05) is 0 Å². The molecule has 0 spiro atoms. The van der Waals surface area contributed by atoms with Gasteiger partial charge >= 0.3 is 0 Å². The van der Waals surface area contributed by atoms with Crippen molar-refractivity contribution in [1.29, 1.82) is 0 Å². The van der Waals surface area contributed by atoms with E-state index in [1.54, 1.807) is 13.0 Å². The fourth-order valence-electron chi connectivity index (χ4n) is 3.13. The van der Waals surface area contributed by atoms with E-state index in [9.17, 15) is 17.2 Å². The number of fused-ring (bicyclic) bond motifs is 1. The van der Waals surface area contributed by atoms with Crippen LogP contribution in [0.2, 0.25) is 5.02 Å². The molecule has 3 aromatic carbocycles.